The summed E-state index contributed by atoms with van der Waals surface area (Å²) in [6, 6.07) is 15.2. The van der Waals surface area contributed by atoms with Crippen LogP contribution in [0.25, 0.3) is 6.08 Å². The SMILES string of the molecule is CN(C)C(CNC(=O)/C=C/c1ccc(OCC#N)cc1)c1cccc(F)c1. The van der Waals surface area contributed by atoms with Gasteiger partial charge in [-0.15, -0.1) is 0 Å². The molecule has 140 valence electrons. The molecular formula is C21H22FN3O2. The number of carbonyl (C=O) groups excluding carboxylic acids is 1. The lowest BCUT2D eigenvalue weighted by molar-refractivity contribution is -0.116. The van der Waals surface area contributed by atoms with Gasteiger partial charge in [-0.05, 0) is 55.6 Å². The second kappa shape index (κ2) is 10.1. The molecule has 0 aliphatic heterocycles. The number of carbonyl (C=O) groups is 1. The topological polar surface area (TPSA) is 65.4 Å². The van der Waals surface area contributed by atoms with Gasteiger partial charge in [0, 0.05) is 12.6 Å². The van der Waals surface area contributed by atoms with E-state index in [1.807, 2.05) is 31.1 Å². The summed E-state index contributed by atoms with van der Waals surface area (Å²) in [5.41, 5.74) is 1.64. The molecule has 0 bridgehead atoms. The van der Waals surface area contributed by atoms with E-state index >= 15 is 0 Å². The van der Waals surface area contributed by atoms with Gasteiger partial charge in [0.25, 0.3) is 0 Å². The Bertz CT molecular complexity index is 826. The van der Waals surface area contributed by atoms with E-state index in [2.05, 4.69) is 5.32 Å². The van der Waals surface area contributed by atoms with Crippen LogP contribution in [0.15, 0.2) is 54.6 Å². The second-order valence-electron chi connectivity index (χ2n) is 6.13. The Morgan fingerprint density at radius 2 is 2.04 bits per heavy atom. The summed E-state index contributed by atoms with van der Waals surface area (Å²) >= 11 is 0. The molecule has 0 radical (unpaired) electrons. The molecule has 0 aliphatic carbocycles. The maximum atomic E-state index is 13.5. The third-order valence-electron chi connectivity index (χ3n) is 3.94. The van der Waals surface area contributed by atoms with E-state index in [-0.39, 0.29) is 24.4 Å². The summed E-state index contributed by atoms with van der Waals surface area (Å²) in [6.07, 6.45) is 3.14. The first-order chi connectivity index (χ1) is 13.0. The van der Waals surface area contributed by atoms with Crippen molar-refractivity contribution >= 4 is 12.0 Å². The van der Waals surface area contributed by atoms with E-state index in [1.165, 1.54) is 18.2 Å². The van der Waals surface area contributed by atoms with Crippen LogP contribution in [0.4, 0.5) is 4.39 Å². The van der Waals surface area contributed by atoms with Crippen molar-refractivity contribution in [3.63, 3.8) is 0 Å². The Hall–Kier alpha value is -3.17. The summed E-state index contributed by atoms with van der Waals surface area (Å²) < 4.78 is 18.6. The molecule has 1 unspecified atom stereocenters. The lowest BCUT2D eigenvalue weighted by Crippen LogP contribution is -2.33. The summed E-state index contributed by atoms with van der Waals surface area (Å²) in [4.78, 5) is 14.0. The quantitative estimate of drug-likeness (QED) is 0.728. The van der Waals surface area contributed by atoms with Gasteiger partial charge >= 0.3 is 0 Å². The minimum atomic E-state index is -0.298. The number of likely N-dealkylation sites (N-methyl/N-ethyl adjacent to an activating group) is 1. The molecule has 5 nitrogen and oxygen atoms in total. The largest absolute Gasteiger partial charge is 0.479 e. The number of nitrogens with zero attached hydrogens (tertiary/aromatic N) is 2. The maximum absolute atomic E-state index is 13.5. The standard InChI is InChI=1S/C21H22FN3O2/c1-25(2)20(17-4-3-5-18(22)14-17)15-24-21(26)11-8-16-6-9-19(10-7-16)27-13-12-23/h3-11,14,20H,13,15H2,1-2H3,(H,24,26)/b11-8+. The van der Waals surface area contributed by atoms with E-state index in [9.17, 15) is 9.18 Å². The summed E-state index contributed by atoms with van der Waals surface area (Å²) in [5.74, 6) is 0.0675. The predicted molar refractivity (Wildman–Crippen MR) is 102 cm³/mol. The first kappa shape index (κ1) is 20.1. The normalized spacial score (nSPS) is 12.0. The Morgan fingerprint density at radius 3 is 2.67 bits per heavy atom. The number of halogens is 1. The molecule has 2 rings (SSSR count). The Labute approximate surface area is 158 Å². The second-order valence-corrected chi connectivity index (χ2v) is 6.13. The molecule has 1 amide bonds. The predicted octanol–water partition coefficient (Wildman–Crippen LogP) is 3.16. The summed E-state index contributed by atoms with van der Waals surface area (Å²) in [6.45, 7) is 0.358. The maximum Gasteiger partial charge on any atom is 0.244 e. The van der Waals surface area contributed by atoms with E-state index in [4.69, 9.17) is 10.00 Å². The van der Waals surface area contributed by atoms with Gasteiger partial charge in [0.05, 0.1) is 6.04 Å². The average molecular weight is 367 g/mol. The van der Waals surface area contributed by atoms with Crippen LogP contribution in [0.3, 0.4) is 0 Å². The van der Waals surface area contributed by atoms with Crippen molar-refractivity contribution in [1.29, 1.82) is 5.26 Å². The first-order valence-electron chi connectivity index (χ1n) is 8.47. The van der Waals surface area contributed by atoms with Crippen LogP contribution >= 0.6 is 0 Å². The third kappa shape index (κ3) is 6.57. The smallest absolute Gasteiger partial charge is 0.244 e. The van der Waals surface area contributed by atoms with Gasteiger partial charge in [-0.25, -0.2) is 4.39 Å². The molecule has 0 saturated heterocycles. The van der Waals surface area contributed by atoms with Crippen LogP contribution in [0.5, 0.6) is 5.75 Å². The molecule has 0 fully saturated rings. The minimum absolute atomic E-state index is 0.00402. The van der Waals surface area contributed by atoms with Crippen molar-refractivity contribution < 1.29 is 13.9 Å². The number of nitrogens with one attached hydrogen (secondary N) is 1. The fourth-order valence-corrected chi connectivity index (χ4v) is 2.53. The van der Waals surface area contributed by atoms with Crippen LogP contribution in [-0.2, 0) is 4.79 Å². The van der Waals surface area contributed by atoms with Gasteiger partial charge < -0.3 is 15.0 Å². The van der Waals surface area contributed by atoms with E-state index in [0.717, 1.165) is 11.1 Å². The third-order valence-corrected chi connectivity index (χ3v) is 3.94. The van der Waals surface area contributed by atoms with Crippen molar-refractivity contribution in [1.82, 2.24) is 10.2 Å². The zero-order valence-corrected chi connectivity index (χ0v) is 15.4. The molecule has 6 heteroatoms. The highest BCUT2D eigenvalue weighted by Crippen LogP contribution is 2.18. The van der Waals surface area contributed by atoms with E-state index in [1.54, 1.807) is 36.4 Å². The van der Waals surface area contributed by atoms with Gasteiger partial charge in [0.1, 0.15) is 17.6 Å². The van der Waals surface area contributed by atoms with Crippen LogP contribution in [0.2, 0.25) is 0 Å². The van der Waals surface area contributed by atoms with Crippen molar-refractivity contribution in [2.24, 2.45) is 0 Å². The molecular weight excluding hydrogens is 345 g/mol. The zero-order valence-electron chi connectivity index (χ0n) is 15.4. The van der Waals surface area contributed by atoms with Crippen LogP contribution in [0, 0.1) is 17.1 Å². The fourth-order valence-electron chi connectivity index (χ4n) is 2.53. The van der Waals surface area contributed by atoms with Gasteiger partial charge in [-0.3, -0.25) is 4.79 Å². The highest BCUT2D eigenvalue weighted by Gasteiger charge is 2.15. The number of rotatable bonds is 8. The van der Waals surface area contributed by atoms with Gasteiger partial charge in [0.2, 0.25) is 5.91 Å². The van der Waals surface area contributed by atoms with Crippen molar-refractivity contribution in [2.45, 2.75) is 6.04 Å². The molecule has 1 N–H and O–H groups in total. The molecule has 0 spiro atoms. The minimum Gasteiger partial charge on any atom is -0.479 e. The molecule has 0 aliphatic rings. The monoisotopic (exact) mass is 367 g/mol. The molecule has 27 heavy (non-hydrogen) atoms. The molecule has 1 atom stereocenters. The van der Waals surface area contributed by atoms with Crippen LogP contribution < -0.4 is 10.1 Å². The molecule has 2 aromatic carbocycles. The highest BCUT2D eigenvalue weighted by atomic mass is 19.1. The Morgan fingerprint density at radius 1 is 1.30 bits per heavy atom. The average Bonchev–Trinajstić information content (AvgIpc) is 2.65. The number of hydrogen-bond donors (Lipinski definition) is 1. The molecule has 0 aromatic heterocycles. The number of benzene rings is 2. The Kier molecular flexibility index (Phi) is 7.53. The van der Waals surface area contributed by atoms with Crippen molar-refractivity contribution in [3.05, 3.63) is 71.6 Å². The summed E-state index contributed by atoms with van der Waals surface area (Å²) in [5, 5.41) is 11.3. The van der Waals surface area contributed by atoms with Gasteiger partial charge in [-0.1, -0.05) is 24.3 Å². The number of nitriles is 1. The molecule has 0 heterocycles. The molecule has 2 aromatic rings. The first-order valence-corrected chi connectivity index (χ1v) is 8.47. The van der Waals surface area contributed by atoms with Gasteiger partial charge in [0.15, 0.2) is 6.61 Å². The molecule has 0 saturated carbocycles. The fraction of sp³-hybridized carbons (Fsp3) is 0.238. The van der Waals surface area contributed by atoms with Crippen molar-refractivity contribution in [2.75, 3.05) is 27.2 Å². The zero-order chi connectivity index (χ0) is 19.6. The number of hydrogen-bond acceptors (Lipinski definition) is 4. The lowest BCUT2D eigenvalue weighted by Gasteiger charge is -2.24. The summed E-state index contributed by atoms with van der Waals surface area (Å²) in [7, 11) is 3.76. The highest BCUT2D eigenvalue weighted by molar-refractivity contribution is 5.91. The van der Waals surface area contributed by atoms with Gasteiger partial charge in [-0.2, -0.15) is 5.26 Å². The van der Waals surface area contributed by atoms with Crippen LogP contribution in [0.1, 0.15) is 17.2 Å². The van der Waals surface area contributed by atoms with Crippen LogP contribution in [-0.4, -0.2) is 38.1 Å². The number of ether oxygens (including phenoxy) is 1. The Balaban J connectivity index is 1.92. The van der Waals surface area contributed by atoms with E-state index < -0.39 is 0 Å². The van der Waals surface area contributed by atoms with Crippen molar-refractivity contribution in [3.8, 4) is 11.8 Å². The lowest BCUT2D eigenvalue weighted by atomic mass is 10.1. The number of amides is 1. The van der Waals surface area contributed by atoms with E-state index in [0.29, 0.717) is 12.3 Å².